The second kappa shape index (κ2) is 6.31. The van der Waals surface area contributed by atoms with Crippen LogP contribution in [0.15, 0.2) is 36.5 Å². The highest BCUT2D eigenvalue weighted by molar-refractivity contribution is 6.07. The second-order valence-corrected chi connectivity index (χ2v) is 6.64. The summed E-state index contributed by atoms with van der Waals surface area (Å²) in [6.45, 7) is 6.74. The molecule has 2 N–H and O–H groups in total. The molecule has 0 unspecified atom stereocenters. The SMILES string of the molecule is CCC1(CC)CN(C(=O)c2cc(C)c(C(N)=O)cn2)c2ccccc21. The minimum absolute atomic E-state index is 0.0194. The van der Waals surface area contributed by atoms with Crippen LogP contribution in [0, 0.1) is 6.92 Å². The van der Waals surface area contributed by atoms with Crippen molar-refractivity contribution in [2.45, 2.75) is 39.0 Å². The molecule has 0 atom stereocenters. The summed E-state index contributed by atoms with van der Waals surface area (Å²) in [4.78, 5) is 30.5. The van der Waals surface area contributed by atoms with Gasteiger partial charge in [0.2, 0.25) is 0 Å². The fourth-order valence-electron chi connectivity index (χ4n) is 3.74. The van der Waals surface area contributed by atoms with E-state index in [1.54, 1.807) is 13.0 Å². The normalized spacial score (nSPS) is 15.1. The second-order valence-electron chi connectivity index (χ2n) is 6.64. The molecule has 2 aromatic rings. The average Bonchev–Trinajstić information content (AvgIpc) is 2.96. The number of hydrogen-bond acceptors (Lipinski definition) is 3. The summed E-state index contributed by atoms with van der Waals surface area (Å²) in [5, 5.41) is 0. The van der Waals surface area contributed by atoms with E-state index in [0.717, 1.165) is 18.5 Å². The lowest BCUT2D eigenvalue weighted by Crippen LogP contribution is -2.37. The topological polar surface area (TPSA) is 76.3 Å². The molecular formula is C20H23N3O2. The van der Waals surface area contributed by atoms with Gasteiger partial charge in [0, 0.05) is 23.8 Å². The number of aryl methyl sites for hydroxylation is 1. The standard InChI is InChI=1S/C20H23N3O2/c1-4-20(5-2)12-23(17-9-7-6-8-15(17)20)19(25)16-10-13(3)14(11-22-16)18(21)24/h6-11H,4-5,12H2,1-3H3,(H2,21,24). The average molecular weight is 337 g/mol. The maximum absolute atomic E-state index is 13.1. The molecule has 0 fully saturated rings. The zero-order chi connectivity index (χ0) is 18.2. The molecule has 5 nitrogen and oxygen atoms in total. The van der Waals surface area contributed by atoms with E-state index in [1.807, 2.05) is 23.1 Å². The number of nitrogens with two attached hydrogens (primary N) is 1. The van der Waals surface area contributed by atoms with Gasteiger partial charge in [0.1, 0.15) is 5.69 Å². The third kappa shape index (κ3) is 2.69. The number of amides is 2. The molecule has 0 saturated heterocycles. The summed E-state index contributed by atoms with van der Waals surface area (Å²) in [6.07, 6.45) is 3.33. The van der Waals surface area contributed by atoms with Crippen molar-refractivity contribution in [2.24, 2.45) is 5.73 Å². The number of para-hydroxylation sites is 1. The Morgan fingerprint density at radius 1 is 1.24 bits per heavy atom. The molecule has 0 spiro atoms. The minimum atomic E-state index is -0.536. The van der Waals surface area contributed by atoms with Gasteiger partial charge in [-0.25, -0.2) is 0 Å². The van der Waals surface area contributed by atoms with Gasteiger partial charge in [0.15, 0.2) is 0 Å². The van der Waals surface area contributed by atoms with Crippen molar-refractivity contribution in [2.75, 3.05) is 11.4 Å². The van der Waals surface area contributed by atoms with Gasteiger partial charge < -0.3 is 10.6 Å². The van der Waals surface area contributed by atoms with Crippen LogP contribution in [-0.2, 0) is 5.41 Å². The molecular weight excluding hydrogens is 314 g/mol. The van der Waals surface area contributed by atoms with Crippen LogP contribution in [-0.4, -0.2) is 23.3 Å². The molecule has 0 aliphatic carbocycles. The van der Waals surface area contributed by atoms with Gasteiger partial charge in [-0.3, -0.25) is 14.6 Å². The molecule has 3 rings (SSSR count). The number of hydrogen-bond donors (Lipinski definition) is 1. The van der Waals surface area contributed by atoms with Crippen LogP contribution < -0.4 is 10.6 Å². The van der Waals surface area contributed by atoms with Crippen LogP contribution in [0.3, 0.4) is 0 Å². The van der Waals surface area contributed by atoms with Gasteiger partial charge in [-0.1, -0.05) is 32.0 Å². The van der Waals surface area contributed by atoms with Crippen molar-refractivity contribution in [3.8, 4) is 0 Å². The molecule has 2 amide bonds. The van der Waals surface area contributed by atoms with Crippen molar-refractivity contribution >= 4 is 17.5 Å². The number of carbonyl (C=O) groups excluding carboxylic acids is 2. The first-order valence-corrected chi connectivity index (χ1v) is 8.61. The number of pyridine rings is 1. The summed E-state index contributed by atoms with van der Waals surface area (Å²) in [5.74, 6) is -0.679. The molecule has 1 aromatic carbocycles. The number of carbonyl (C=O) groups is 2. The number of primary amides is 1. The molecule has 1 aromatic heterocycles. The maximum atomic E-state index is 13.1. The van der Waals surface area contributed by atoms with Crippen molar-refractivity contribution in [3.05, 3.63) is 58.9 Å². The Hall–Kier alpha value is -2.69. The molecule has 5 heteroatoms. The van der Waals surface area contributed by atoms with Crippen LogP contribution in [0.1, 0.15) is 58.7 Å². The maximum Gasteiger partial charge on any atom is 0.276 e. The molecule has 1 aliphatic rings. The zero-order valence-corrected chi connectivity index (χ0v) is 14.9. The van der Waals surface area contributed by atoms with E-state index in [4.69, 9.17) is 5.73 Å². The van der Waals surface area contributed by atoms with Crippen LogP contribution in [0.4, 0.5) is 5.69 Å². The van der Waals surface area contributed by atoms with Crippen molar-refractivity contribution in [1.29, 1.82) is 0 Å². The Kier molecular flexibility index (Phi) is 4.33. The monoisotopic (exact) mass is 337 g/mol. The summed E-state index contributed by atoms with van der Waals surface area (Å²) >= 11 is 0. The predicted molar refractivity (Wildman–Crippen MR) is 97.9 cm³/mol. The zero-order valence-electron chi connectivity index (χ0n) is 14.9. The van der Waals surface area contributed by atoms with Crippen LogP contribution in [0.25, 0.3) is 0 Å². The first-order valence-electron chi connectivity index (χ1n) is 8.61. The number of fused-ring (bicyclic) bond motifs is 1. The van der Waals surface area contributed by atoms with E-state index in [-0.39, 0.29) is 11.3 Å². The lowest BCUT2D eigenvalue weighted by atomic mass is 9.78. The highest BCUT2D eigenvalue weighted by Crippen LogP contribution is 2.45. The van der Waals surface area contributed by atoms with E-state index in [0.29, 0.717) is 23.4 Å². The van der Waals surface area contributed by atoms with Gasteiger partial charge >= 0.3 is 0 Å². The number of rotatable bonds is 4. The van der Waals surface area contributed by atoms with E-state index in [2.05, 4.69) is 24.9 Å². The highest BCUT2D eigenvalue weighted by Gasteiger charge is 2.42. The first kappa shape index (κ1) is 17.1. The summed E-state index contributed by atoms with van der Waals surface area (Å²) < 4.78 is 0. The summed E-state index contributed by atoms with van der Waals surface area (Å²) in [7, 11) is 0. The van der Waals surface area contributed by atoms with Crippen LogP contribution >= 0.6 is 0 Å². The molecule has 25 heavy (non-hydrogen) atoms. The Balaban J connectivity index is 2.01. The number of benzene rings is 1. The Labute approximate surface area is 147 Å². The third-order valence-electron chi connectivity index (χ3n) is 5.42. The number of anilines is 1. The van der Waals surface area contributed by atoms with E-state index >= 15 is 0 Å². The lowest BCUT2D eigenvalue weighted by molar-refractivity contribution is 0.0973. The lowest BCUT2D eigenvalue weighted by Gasteiger charge is -2.27. The van der Waals surface area contributed by atoms with Gasteiger partial charge in [0.05, 0.1) is 5.56 Å². The van der Waals surface area contributed by atoms with Gasteiger partial charge in [-0.2, -0.15) is 0 Å². The molecule has 0 bridgehead atoms. The number of aromatic nitrogens is 1. The molecule has 0 saturated carbocycles. The predicted octanol–water partition coefficient (Wildman–Crippen LogP) is 3.21. The van der Waals surface area contributed by atoms with Crippen LogP contribution in [0.5, 0.6) is 0 Å². The minimum Gasteiger partial charge on any atom is -0.366 e. The molecule has 0 radical (unpaired) electrons. The third-order valence-corrected chi connectivity index (χ3v) is 5.42. The molecule has 2 heterocycles. The fraction of sp³-hybridized carbons (Fsp3) is 0.350. The Morgan fingerprint density at radius 3 is 2.52 bits per heavy atom. The summed E-state index contributed by atoms with van der Waals surface area (Å²) in [6, 6.07) is 9.73. The van der Waals surface area contributed by atoms with Gasteiger partial charge in [-0.15, -0.1) is 0 Å². The van der Waals surface area contributed by atoms with Gasteiger partial charge in [-0.05, 0) is 43.0 Å². The smallest absolute Gasteiger partial charge is 0.276 e. The summed E-state index contributed by atoms with van der Waals surface area (Å²) in [5.41, 5.74) is 8.82. The highest BCUT2D eigenvalue weighted by atomic mass is 16.2. The Bertz CT molecular complexity index is 841. The molecule has 130 valence electrons. The Morgan fingerprint density at radius 2 is 1.92 bits per heavy atom. The molecule has 1 aliphatic heterocycles. The van der Waals surface area contributed by atoms with E-state index in [1.165, 1.54) is 11.8 Å². The van der Waals surface area contributed by atoms with Crippen molar-refractivity contribution in [3.63, 3.8) is 0 Å². The van der Waals surface area contributed by atoms with Gasteiger partial charge in [0.25, 0.3) is 11.8 Å². The largest absolute Gasteiger partial charge is 0.366 e. The van der Waals surface area contributed by atoms with Crippen molar-refractivity contribution < 1.29 is 9.59 Å². The van der Waals surface area contributed by atoms with E-state index in [9.17, 15) is 9.59 Å². The number of nitrogens with zero attached hydrogens (tertiary/aromatic N) is 2. The quantitative estimate of drug-likeness (QED) is 0.931. The van der Waals surface area contributed by atoms with Crippen LogP contribution in [0.2, 0.25) is 0 Å². The fourth-order valence-corrected chi connectivity index (χ4v) is 3.74. The van der Waals surface area contributed by atoms with Crippen molar-refractivity contribution in [1.82, 2.24) is 4.98 Å². The first-order chi connectivity index (χ1) is 11.9. The van der Waals surface area contributed by atoms with E-state index < -0.39 is 5.91 Å².